The average molecular weight is 293 g/mol. The van der Waals surface area contributed by atoms with Crippen LogP contribution in [0, 0.1) is 5.82 Å². The van der Waals surface area contributed by atoms with Crippen molar-refractivity contribution in [3.05, 3.63) is 35.6 Å². The molecule has 2 fully saturated rings. The predicted octanol–water partition coefficient (Wildman–Crippen LogP) is 2.12. The van der Waals surface area contributed by atoms with Crippen molar-refractivity contribution < 1.29 is 18.7 Å². The number of hydrogen-bond acceptors (Lipinski definition) is 3. The number of rotatable bonds is 4. The molecule has 2 aliphatic rings. The fourth-order valence-corrected chi connectivity index (χ4v) is 2.81. The molecule has 0 radical (unpaired) electrons. The van der Waals surface area contributed by atoms with Crippen LogP contribution in [0.15, 0.2) is 24.3 Å². The fraction of sp³-hybridized carbons (Fsp3) is 0.562. The minimum Gasteiger partial charge on any atom is -0.370 e. The molecule has 0 unspecified atom stereocenters. The predicted molar refractivity (Wildman–Crippen MR) is 75.1 cm³/mol. The molecule has 1 aromatic carbocycles. The Morgan fingerprint density at radius 2 is 2.24 bits per heavy atom. The molecule has 2 saturated heterocycles. The minimum absolute atomic E-state index is 0.0152. The first-order valence-electron chi connectivity index (χ1n) is 7.37. The van der Waals surface area contributed by atoms with Crippen LogP contribution < -0.4 is 0 Å². The molecule has 2 aliphatic heterocycles. The van der Waals surface area contributed by atoms with Gasteiger partial charge in [0.15, 0.2) is 0 Å². The lowest BCUT2D eigenvalue weighted by Crippen LogP contribution is -2.60. The summed E-state index contributed by atoms with van der Waals surface area (Å²) in [5.41, 5.74) is -0.107. The van der Waals surface area contributed by atoms with Gasteiger partial charge in [-0.05, 0) is 25.8 Å². The summed E-state index contributed by atoms with van der Waals surface area (Å²) in [5, 5.41) is 0. The normalized spacial score (nSPS) is 25.9. The molecule has 0 aromatic heterocycles. The lowest BCUT2D eigenvalue weighted by atomic mass is 9.98. The highest BCUT2D eigenvalue weighted by Crippen LogP contribution is 2.29. The summed E-state index contributed by atoms with van der Waals surface area (Å²) < 4.78 is 24.7. The number of ether oxygens (including phenoxy) is 2. The van der Waals surface area contributed by atoms with Crippen LogP contribution in [-0.4, -0.2) is 42.2 Å². The molecule has 1 amide bonds. The van der Waals surface area contributed by atoms with E-state index in [1.54, 1.807) is 23.1 Å². The number of likely N-dealkylation sites (tertiary alicyclic amines) is 1. The van der Waals surface area contributed by atoms with E-state index in [0.29, 0.717) is 25.3 Å². The van der Waals surface area contributed by atoms with Gasteiger partial charge in [0.25, 0.3) is 5.91 Å². The maximum atomic E-state index is 13.5. The molecular weight excluding hydrogens is 273 g/mol. The summed E-state index contributed by atoms with van der Waals surface area (Å²) in [6.45, 7) is 3.88. The third kappa shape index (κ3) is 2.94. The Kier molecular flexibility index (Phi) is 3.95. The van der Waals surface area contributed by atoms with Gasteiger partial charge in [0, 0.05) is 25.3 Å². The van der Waals surface area contributed by atoms with Crippen LogP contribution in [0.5, 0.6) is 0 Å². The van der Waals surface area contributed by atoms with E-state index >= 15 is 0 Å². The van der Waals surface area contributed by atoms with Crippen LogP contribution in [0.2, 0.25) is 0 Å². The van der Waals surface area contributed by atoms with Crippen LogP contribution >= 0.6 is 0 Å². The Labute approximate surface area is 123 Å². The van der Waals surface area contributed by atoms with E-state index in [1.165, 1.54) is 6.07 Å². The van der Waals surface area contributed by atoms with Crippen LogP contribution in [0.3, 0.4) is 0 Å². The second-order valence-electron chi connectivity index (χ2n) is 5.92. The van der Waals surface area contributed by atoms with Crippen molar-refractivity contribution in [2.75, 3.05) is 19.7 Å². The van der Waals surface area contributed by atoms with Crippen LogP contribution in [0.4, 0.5) is 4.39 Å². The highest BCUT2D eigenvalue weighted by atomic mass is 19.1. The van der Waals surface area contributed by atoms with Gasteiger partial charge in [0.2, 0.25) is 0 Å². The summed E-state index contributed by atoms with van der Waals surface area (Å²) in [7, 11) is 0. The van der Waals surface area contributed by atoms with Crippen LogP contribution in [0.25, 0.3) is 0 Å². The summed E-state index contributed by atoms with van der Waals surface area (Å²) in [4.78, 5) is 14.1. The molecule has 4 nitrogen and oxygen atoms in total. The van der Waals surface area contributed by atoms with Crippen molar-refractivity contribution in [3.8, 4) is 0 Å². The van der Waals surface area contributed by atoms with Gasteiger partial charge < -0.3 is 14.4 Å². The van der Waals surface area contributed by atoms with Gasteiger partial charge in [0.05, 0.1) is 12.7 Å². The van der Waals surface area contributed by atoms with Gasteiger partial charge in [0.1, 0.15) is 11.4 Å². The van der Waals surface area contributed by atoms with Crippen molar-refractivity contribution in [2.24, 2.45) is 0 Å². The molecule has 0 spiro atoms. The van der Waals surface area contributed by atoms with E-state index < -0.39 is 5.60 Å². The number of hydrogen-bond donors (Lipinski definition) is 0. The molecule has 2 heterocycles. The number of halogens is 1. The number of benzene rings is 1. The van der Waals surface area contributed by atoms with E-state index in [-0.39, 0.29) is 24.4 Å². The van der Waals surface area contributed by atoms with Gasteiger partial charge in [-0.15, -0.1) is 0 Å². The molecule has 5 heteroatoms. The molecule has 114 valence electrons. The van der Waals surface area contributed by atoms with E-state index in [4.69, 9.17) is 9.47 Å². The monoisotopic (exact) mass is 293 g/mol. The molecule has 1 atom stereocenters. The summed E-state index contributed by atoms with van der Waals surface area (Å²) >= 11 is 0. The zero-order valence-electron chi connectivity index (χ0n) is 12.2. The lowest BCUT2D eigenvalue weighted by molar-refractivity contribution is -0.165. The van der Waals surface area contributed by atoms with Gasteiger partial charge in [-0.2, -0.15) is 0 Å². The van der Waals surface area contributed by atoms with E-state index in [0.717, 1.165) is 12.8 Å². The lowest BCUT2D eigenvalue weighted by Gasteiger charge is -2.42. The topological polar surface area (TPSA) is 38.8 Å². The van der Waals surface area contributed by atoms with Crippen molar-refractivity contribution in [1.29, 1.82) is 0 Å². The molecule has 0 saturated carbocycles. The Morgan fingerprint density at radius 1 is 1.48 bits per heavy atom. The van der Waals surface area contributed by atoms with Crippen molar-refractivity contribution in [2.45, 2.75) is 38.1 Å². The number of carbonyl (C=O) groups excluding carboxylic acids is 1. The first-order chi connectivity index (χ1) is 10.1. The van der Waals surface area contributed by atoms with E-state index in [2.05, 4.69) is 0 Å². The molecule has 3 rings (SSSR count). The van der Waals surface area contributed by atoms with Crippen LogP contribution in [-0.2, 0) is 20.9 Å². The maximum absolute atomic E-state index is 13.5. The quantitative estimate of drug-likeness (QED) is 0.853. The summed E-state index contributed by atoms with van der Waals surface area (Å²) in [5.74, 6) is -0.206. The van der Waals surface area contributed by atoms with E-state index in [9.17, 15) is 9.18 Å². The highest BCUT2D eigenvalue weighted by molar-refractivity contribution is 5.85. The Bertz CT molecular complexity index is 522. The minimum atomic E-state index is -0.656. The highest BCUT2D eigenvalue weighted by Gasteiger charge is 2.44. The largest absolute Gasteiger partial charge is 0.370 e. The molecule has 0 bridgehead atoms. The van der Waals surface area contributed by atoms with Gasteiger partial charge in [-0.25, -0.2) is 4.39 Å². The van der Waals surface area contributed by atoms with Crippen LogP contribution in [0.1, 0.15) is 25.3 Å². The smallest absolute Gasteiger partial charge is 0.254 e. The zero-order valence-corrected chi connectivity index (χ0v) is 12.2. The fourth-order valence-electron chi connectivity index (χ4n) is 2.81. The zero-order chi connectivity index (χ0) is 14.9. The Balaban J connectivity index is 1.46. The van der Waals surface area contributed by atoms with E-state index in [1.807, 2.05) is 6.92 Å². The number of nitrogens with zero attached hydrogens (tertiary/aromatic N) is 1. The average Bonchev–Trinajstić information content (AvgIpc) is 2.87. The maximum Gasteiger partial charge on any atom is 0.254 e. The third-order valence-electron chi connectivity index (χ3n) is 4.24. The molecule has 21 heavy (non-hydrogen) atoms. The molecular formula is C16H20FNO3. The first kappa shape index (κ1) is 14.5. The molecule has 0 aliphatic carbocycles. The van der Waals surface area contributed by atoms with Crippen molar-refractivity contribution in [3.63, 3.8) is 0 Å². The second-order valence-corrected chi connectivity index (χ2v) is 5.92. The number of carbonyl (C=O) groups is 1. The van der Waals surface area contributed by atoms with Crippen molar-refractivity contribution in [1.82, 2.24) is 4.90 Å². The molecule has 1 aromatic rings. The van der Waals surface area contributed by atoms with Gasteiger partial charge in [-0.3, -0.25) is 4.79 Å². The third-order valence-corrected chi connectivity index (χ3v) is 4.24. The molecule has 0 N–H and O–H groups in total. The van der Waals surface area contributed by atoms with Crippen molar-refractivity contribution >= 4 is 5.91 Å². The standard InChI is InChI=1S/C16H20FNO3/c1-16(7-4-8-21-16)15(19)18-9-13(10-18)20-11-12-5-2-3-6-14(12)17/h2-3,5-6,13H,4,7-11H2,1H3/t16-/m0/s1. The Morgan fingerprint density at radius 3 is 2.90 bits per heavy atom. The summed E-state index contributed by atoms with van der Waals surface area (Å²) in [6, 6.07) is 6.58. The number of amides is 1. The van der Waals surface area contributed by atoms with Gasteiger partial charge in [-0.1, -0.05) is 18.2 Å². The summed E-state index contributed by atoms with van der Waals surface area (Å²) in [6.07, 6.45) is 1.70. The first-order valence-corrected chi connectivity index (χ1v) is 7.37. The van der Waals surface area contributed by atoms with Gasteiger partial charge >= 0.3 is 0 Å². The second kappa shape index (κ2) is 5.73. The SMILES string of the molecule is C[C@@]1(C(=O)N2CC(OCc3ccccc3F)C2)CCCO1. The Hall–Kier alpha value is -1.46.